The highest BCUT2D eigenvalue weighted by Crippen LogP contribution is 2.31. The number of carbonyl (C=O) groups excluding carboxylic acids is 1. The summed E-state index contributed by atoms with van der Waals surface area (Å²) in [6.07, 6.45) is 7.89. The molecule has 0 spiro atoms. The number of thioether (sulfide) groups is 1. The first kappa shape index (κ1) is 28.0. The van der Waals surface area contributed by atoms with Crippen molar-refractivity contribution in [2.24, 2.45) is 0 Å². The Bertz CT molecular complexity index is 1660. The minimum absolute atomic E-state index is 0.00363. The molecule has 0 saturated carbocycles. The number of rotatable bonds is 9. The van der Waals surface area contributed by atoms with Crippen molar-refractivity contribution in [2.45, 2.75) is 17.8 Å². The Hall–Kier alpha value is -4.12. The van der Waals surface area contributed by atoms with Gasteiger partial charge in [-0.1, -0.05) is 72.4 Å². The second-order valence-electron chi connectivity index (χ2n) is 9.99. The number of aromatic nitrogens is 5. The molecule has 0 N–H and O–H groups in total. The lowest BCUT2D eigenvalue weighted by Gasteiger charge is -2.33. The summed E-state index contributed by atoms with van der Waals surface area (Å²) in [5.41, 5.74) is 4.76. The van der Waals surface area contributed by atoms with Crippen LogP contribution < -0.4 is 0 Å². The molecule has 0 aliphatic carbocycles. The van der Waals surface area contributed by atoms with E-state index in [4.69, 9.17) is 4.98 Å². The number of nitrogens with zero attached hydrogens (tertiary/aromatic N) is 7. The van der Waals surface area contributed by atoms with Crippen LogP contribution in [0.25, 0.3) is 23.2 Å². The van der Waals surface area contributed by atoms with E-state index in [0.717, 1.165) is 52.4 Å². The van der Waals surface area contributed by atoms with Crippen molar-refractivity contribution >= 4 is 35.1 Å². The Morgan fingerprint density at radius 1 is 0.976 bits per heavy atom. The number of piperazine rings is 1. The Balaban J connectivity index is 1.08. The molecule has 3 aromatic heterocycles. The number of thiazole rings is 1. The summed E-state index contributed by atoms with van der Waals surface area (Å²) in [5.74, 6) is 1.34. The van der Waals surface area contributed by atoms with Crippen LogP contribution in [0.2, 0.25) is 0 Å². The van der Waals surface area contributed by atoms with Gasteiger partial charge in [0.1, 0.15) is 10.7 Å². The molecule has 8 nitrogen and oxygen atoms in total. The van der Waals surface area contributed by atoms with Crippen molar-refractivity contribution < 1.29 is 4.79 Å². The Morgan fingerprint density at radius 3 is 2.57 bits per heavy atom. The molecule has 1 aliphatic rings. The number of hydrogen-bond donors (Lipinski definition) is 0. The molecule has 2 aromatic carbocycles. The first-order valence-electron chi connectivity index (χ1n) is 13.9. The average molecular weight is 594 g/mol. The fourth-order valence-electron chi connectivity index (χ4n) is 4.88. The molecule has 1 amide bonds. The topological polar surface area (TPSA) is 80.0 Å². The van der Waals surface area contributed by atoms with Crippen LogP contribution in [0, 0.1) is 6.92 Å². The third kappa shape index (κ3) is 6.51. The second-order valence-corrected chi connectivity index (χ2v) is 11.9. The Kier molecular flexibility index (Phi) is 8.83. The number of pyridine rings is 1. The van der Waals surface area contributed by atoms with Crippen LogP contribution in [0.3, 0.4) is 0 Å². The van der Waals surface area contributed by atoms with Gasteiger partial charge in [0.15, 0.2) is 11.0 Å². The summed E-state index contributed by atoms with van der Waals surface area (Å²) in [7, 11) is 0. The van der Waals surface area contributed by atoms with Crippen molar-refractivity contribution in [3.05, 3.63) is 112 Å². The number of hydrogen-bond acceptors (Lipinski definition) is 8. The van der Waals surface area contributed by atoms with Gasteiger partial charge in [0.25, 0.3) is 5.91 Å². The summed E-state index contributed by atoms with van der Waals surface area (Å²) in [5, 5.41) is 12.6. The molecular formula is C32H31N7OS2. The van der Waals surface area contributed by atoms with E-state index in [1.54, 1.807) is 24.2 Å². The molecule has 42 heavy (non-hydrogen) atoms. The van der Waals surface area contributed by atoms with Gasteiger partial charge in [0.2, 0.25) is 0 Å². The molecule has 1 aliphatic heterocycles. The Morgan fingerprint density at radius 2 is 1.79 bits per heavy atom. The highest BCUT2D eigenvalue weighted by atomic mass is 32.2. The van der Waals surface area contributed by atoms with Gasteiger partial charge in [-0.3, -0.25) is 19.2 Å². The van der Waals surface area contributed by atoms with Gasteiger partial charge in [-0.05, 0) is 36.2 Å². The first-order chi connectivity index (χ1) is 20.7. The number of aryl methyl sites for hydroxylation is 1. The number of para-hydroxylation sites is 1. The van der Waals surface area contributed by atoms with Crippen molar-refractivity contribution in [1.82, 2.24) is 34.5 Å². The minimum Gasteiger partial charge on any atom is -0.335 e. The smallest absolute Gasteiger partial charge is 0.273 e. The second kappa shape index (κ2) is 13.2. The normalized spacial score (nSPS) is 14.1. The van der Waals surface area contributed by atoms with E-state index in [1.807, 2.05) is 52.7 Å². The summed E-state index contributed by atoms with van der Waals surface area (Å²) >= 11 is 3.08. The van der Waals surface area contributed by atoms with E-state index in [-0.39, 0.29) is 5.91 Å². The van der Waals surface area contributed by atoms with Gasteiger partial charge in [-0.25, -0.2) is 4.98 Å². The molecule has 10 heteroatoms. The molecule has 0 bridgehead atoms. The SMILES string of the molecule is Cc1ccccc1-n1c(SCc2nc(C(=O)N3CCN(CC=Cc4ccccc4)CC3)cs2)nnc1-c1cccnc1. The average Bonchev–Trinajstić information content (AvgIpc) is 3.69. The van der Waals surface area contributed by atoms with Crippen LogP contribution in [0.5, 0.6) is 0 Å². The van der Waals surface area contributed by atoms with Gasteiger partial charge in [-0.2, -0.15) is 0 Å². The van der Waals surface area contributed by atoms with Crippen LogP contribution in [0.15, 0.2) is 95.7 Å². The quantitative estimate of drug-likeness (QED) is 0.198. The predicted molar refractivity (Wildman–Crippen MR) is 169 cm³/mol. The molecule has 6 rings (SSSR count). The third-order valence-corrected chi connectivity index (χ3v) is 9.11. The number of benzene rings is 2. The van der Waals surface area contributed by atoms with Gasteiger partial charge >= 0.3 is 0 Å². The largest absolute Gasteiger partial charge is 0.335 e. The minimum atomic E-state index is 0.00363. The zero-order valence-corrected chi connectivity index (χ0v) is 25.0. The number of amides is 1. The molecule has 0 radical (unpaired) electrons. The summed E-state index contributed by atoms with van der Waals surface area (Å²) in [6, 6.07) is 22.4. The van der Waals surface area contributed by atoms with Gasteiger partial charge in [0, 0.05) is 56.1 Å². The van der Waals surface area contributed by atoms with Crippen LogP contribution >= 0.6 is 23.1 Å². The van der Waals surface area contributed by atoms with Crippen LogP contribution in [0.4, 0.5) is 0 Å². The van der Waals surface area contributed by atoms with E-state index >= 15 is 0 Å². The highest BCUT2D eigenvalue weighted by molar-refractivity contribution is 7.98. The van der Waals surface area contributed by atoms with E-state index in [0.29, 0.717) is 24.5 Å². The predicted octanol–water partition coefficient (Wildman–Crippen LogP) is 5.86. The third-order valence-electron chi connectivity index (χ3n) is 7.14. The van der Waals surface area contributed by atoms with Crippen LogP contribution in [-0.2, 0) is 5.75 Å². The molecule has 0 unspecified atom stereocenters. The van der Waals surface area contributed by atoms with Crippen molar-refractivity contribution in [2.75, 3.05) is 32.7 Å². The zero-order valence-electron chi connectivity index (χ0n) is 23.3. The summed E-state index contributed by atoms with van der Waals surface area (Å²) < 4.78 is 2.07. The fraction of sp³-hybridized carbons (Fsp3) is 0.219. The Labute approximate surface area is 253 Å². The van der Waals surface area contributed by atoms with E-state index in [9.17, 15) is 4.79 Å². The van der Waals surface area contributed by atoms with Crippen molar-refractivity contribution in [3.8, 4) is 17.1 Å². The molecular weight excluding hydrogens is 563 g/mol. The lowest BCUT2D eigenvalue weighted by Crippen LogP contribution is -2.48. The van der Waals surface area contributed by atoms with E-state index in [1.165, 1.54) is 16.9 Å². The maximum absolute atomic E-state index is 13.2. The first-order valence-corrected chi connectivity index (χ1v) is 15.7. The maximum Gasteiger partial charge on any atom is 0.273 e. The van der Waals surface area contributed by atoms with Crippen molar-refractivity contribution in [3.63, 3.8) is 0 Å². The summed E-state index contributed by atoms with van der Waals surface area (Å²) in [6.45, 7) is 6.07. The molecule has 5 aromatic rings. The van der Waals surface area contributed by atoms with Crippen molar-refractivity contribution in [1.29, 1.82) is 0 Å². The molecule has 0 atom stereocenters. The van der Waals surface area contributed by atoms with Crippen LogP contribution in [-0.4, -0.2) is 73.2 Å². The van der Waals surface area contributed by atoms with Crippen LogP contribution in [0.1, 0.15) is 26.6 Å². The van der Waals surface area contributed by atoms with E-state index in [2.05, 4.69) is 68.0 Å². The monoisotopic (exact) mass is 593 g/mol. The summed E-state index contributed by atoms with van der Waals surface area (Å²) in [4.78, 5) is 26.5. The zero-order chi connectivity index (χ0) is 28.7. The lowest BCUT2D eigenvalue weighted by atomic mass is 10.2. The maximum atomic E-state index is 13.2. The van der Waals surface area contributed by atoms with Gasteiger partial charge < -0.3 is 4.90 Å². The molecule has 1 saturated heterocycles. The number of carbonyl (C=O) groups is 1. The fourth-order valence-corrected chi connectivity index (χ4v) is 6.61. The molecule has 1 fully saturated rings. The standard InChI is InChI=1S/C32H31N7OS2/c1-24-9-5-6-14-28(24)39-30(26-13-7-15-33-21-26)35-36-32(39)42-23-29-34-27(22-41-29)31(40)38-19-17-37(18-20-38)16-8-12-25-10-3-2-4-11-25/h2-15,21-22H,16-20,23H2,1H3. The van der Waals surface area contributed by atoms with E-state index < -0.39 is 0 Å². The van der Waals surface area contributed by atoms with Gasteiger partial charge in [0.05, 0.1) is 11.4 Å². The lowest BCUT2D eigenvalue weighted by molar-refractivity contribution is 0.0645. The molecule has 4 heterocycles. The molecule has 212 valence electrons. The van der Waals surface area contributed by atoms with Gasteiger partial charge in [-0.15, -0.1) is 21.5 Å². The highest BCUT2D eigenvalue weighted by Gasteiger charge is 2.24.